The third-order valence-electron chi connectivity index (χ3n) is 5.58. The maximum atomic E-state index is 13.3. The molecule has 10 heteroatoms. The molecule has 1 unspecified atom stereocenters. The molecule has 40 heavy (non-hydrogen) atoms. The van der Waals surface area contributed by atoms with E-state index in [1.54, 1.807) is 66.7 Å². The first-order chi connectivity index (χ1) is 19.3. The third-order valence-corrected chi connectivity index (χ3v) is 8.50. The standard InChI is InChI=1S/C30H25Cl2N3O3S2/c1-2-27(30(38)34-21-13-14-24(31)25(32)17-21)40-23-11-6-10-20(16-23)33-29(37)26(18-22-12-7-15-39-22)35-28(36)19-8-4-3-5-9-19/h3-18,27H,2H2,1H3,(H,33,37)(H,34,38)(H,35,36)/b26-18-. The first kappa shape index (κ1) is 29.4. The molecule has 1 aromatic heterocycles. The Hall–Kier alpha value is -3.56. The number of thiophene rings is 1. The quantitative estimate of drug-likeness (QED) is 0.126. The number of nitrogens with one attached hydrogen (secondary N) is 3. The average molecular weight is 611 g/mol. The minimum Gasteiger partial charge on any atom is -0.325 e. The molecule has 1 atom stereocenters. The van der Waals surface area contributed by atoms with Crippen molar-refractivity contribution in [1.82, 2.24) is 5.32 Å². The van der Waals surface area contributed by atoms with Gasteiger partial charge in [-0.25, -0.2) is 0 Å². The highest BCUT2D eigenvalue weighted by Crippen LogP contribution is 2.30. The van der Waals surface area contributed by atoms with Crippen molar-refractivity contribution < 1.29 is 14.4 Å². The molecular weight excluding hydrogens is 585 g/mol. The molecule has 0 radical (unpaired) electrons. The Morgan fingerprint density at radius 3 is 2.35 bits per heavy atom. The number of anilines is 2. The molecule has 0 aliphatic carbocycles. The summed E-state index contributed by atoms with van der Waals surface area (Å²) >= 11 is 14.9. The highest BCUT2D eigenvalue weighted by Gasteiger charge is 2.20. The predicted molar refractivity (Wildman–Crippen MR) is 166 cm³/mol. The van der Waals surface area contributed by atoms with Gasteiger partial charge in [0, 0.05) is 26.7 Å². The van der Waals surface area contributed by atoms with Gasteiger partial charge < -0.3 is 16.0 Å². The molecule has 3 aromatic carbocycles. The van der Waals surface area contributed by atoms with Crippen molar-refractivity contribution in [2.24, 2.45) is 0 Å². The van der Waals surface area contributed by atoms with Crippen LogP contribution in [0.25, 0.3) is 6.08 Å². The number of hydrogen-bond donors (Lipinski definition) is 3. The molecule has 0 saturated carbocycles. The van der Waals surface area contributed by atoms with Crippen molar-refractivity contribution in [3.8, 4) is 0 Å². The van der Waals surface area contributed by atoms with Crippen molar-refractivity contribution in [2.75, 3.05) is 10.6 Å². The molecule has 1 heterocycles. The zero-order valence-electron chi connectivity index (χ0n) is 21.3. The summed E-state index contributed by atoms with van der Waals surface area (Å²) in [5.41, 5.74) is 1.64. The number of benzene rings is 3. The van der Waals surface area contributed by atoms with E-state index in [-0.39, 0.29) is 22.8 Å². The van der Waals surface area contributed by atoms with E-state index in [4.69, 9.17) is 23.2 Å². The molecule has 0 spiro atoms. The van der Waals surface area contributed by atoms with Crippen LogP contribution in [0.4, 0.5) is 11.4 Å². The highest BCUT2D eigenvalue weighted by atomic mass is 35.5. The molecule has 3 N–H and O–H groups in total. The molecule has 0 bridgehead atoms. The predicted octanol–water partition coefficient (Wildman–Crippen LogP) is 7.97. The molecule has 0 aliphatic rings. The van der Waals surface area contributed by atoms with Crippen LogP contribution in [0.3, 0.4) is 0 Å². The zero-order chi connectivity index (χ0) is 28.5. The topological polar surface area (TPSA) is 87.3 Å². The van der Waals surface area contributed by atoms with E-state index in [0.29, 0.717) is 33.4 Å². The highest BCUT2D eigenvalue weighted by molar-refractivity contribution is 8.00. The van der Waals surface area contributed by atoms with Crippen LogP contribution in [0, 0.1) is 0 Å². The van der Waals surface area contributed by atoms with Crippen molar-refractivity contribution in [1.29, 1.82) is 0 Å². The second kappa shape index (κ2) is 14.2. The summed E-state index contributed by atoms with van der Waals surface area (Å²) in [6.45, 7) is 1.93. The minimum absolute atomic E-state index is 0.113. The van der Waals surface area contributed by atoms with Gasteiger partial charge >= 0.3 is 0 Å². The molecule has 0 fully saturated rings. The van der Waals surface area contributed by atoms with E-state index in [1.807, 2.05) is 36.6 Å². The number of carbonyl (C=O) groups is 3. The van der Waals surface area contributed by atoms with Gasteiger partial charge in [0.2, 0.25) is 5.91 Å². The summed E-state index contributed by atoms with van der Waals surface area (Å²) in [5, 5.41) is 10.7. The molecule has 204 valence electrons. The summed E-state index contributed by atoms with van der Waals surface area (Å²) in [7, 11) is 0. The number of amides is 3. The van der Waals surface area contributed by atoms with Crippen molar-refractivity contribution in [2.45, 2.75) is 23.5 Å². The largest absolute Gasteiger partial charge is 0.325 e. The van der Waals surface area contributed by atoms with Gasteiger partial charge in [-0.15, -0.1) is 23.1 Å². The SMILES string of the molecule is CCC(Sc1cccc(NC(=O)/C(=C/c2cccs2)NC(=O)c2ccccc2)c1)C(=O)Nc1ccc(Cl)c(Cl)c1. The Morgan fingerprint density at radius 2 is 1.65 bits per heavy atom. The summed E-state index contributed by atoms with van der Waals surface area (Å²) in [6, 6.07) is 24.6. The van der Waals surface area contributed by atoms with Crippen molar-refractivity contribution in [3.05, 3.63) is 116 Å². The minimum atomic E-state index is -0.468. The van der Waals surface area contributed by atoms with Crippen LogP contribution >= 0.6 is 46.3 Å². The van der Waals surface area contributed by atoms with Crippen molar-refractivity contribution in [3.63, 3.8) is 0 Å². The fraction of sp³-hybridized carbons (Fsp3) is 0.100. The zero-order valence-corrected chi connectivity index (χ0v) is 24.5. The fourth-order valence-corrected chi connectivity index (χ4v) is 5.56. The van der Waals surface area contributed by atoms with E-state index >= 15 is 0 Å². The maximum Gasteiger partial charge on any atom is 0.272 e. The lowest BCUT2D eigenvalue weighted by Crippen LogP contribution is -2.30. The van der Waals surface area contributed by atoms with E-state index in [9.17, 15) is 14.4 Å². The maximum absolute atomic E-state index is 13.3. The molecular formula is C30H25Cl2N3O3S2. The molecule has 6 nitrogen and oxygen atoms in total. The summed E-state index contributed by atoms with van der Waals surface area (Å²) in [6.07, 6.45) is 2.22. The Bertz CT molecular complexity index is 1530. The number of carbonyl (C=O) groups excluding carboxylic acids is 3. The lowest BCUT2D eigenvalue weighted by atomic mass is 10.2. The molecule has 3 amide bonds. The van der Waals surface area contributed by atoms with Crippen LogP contribution in [-0.4, -0.2) is 23.0 Å². The lowest BCUT2D eigenvalue weighted by Gasteiger charge is -2.16. The average Bonchev–Trinajstić information content (AvgIpc) is 3.47. The molecule has 0 aliphatic heterocycles. The molecule has 4 aromatic rings. The van der Waals surface area contributed by atoms with Crippen molar-refractivity contribution >= 4 is 81.5 Å². The number of hydrogen-bond acceptors (Lipinski definition) is 5. The number of thioether (sulfide) groups is 1. The van der Waals surface area contributed by atoms with E-state index in [1.165, 1.54) is 23.1 Å². The Labute approximate surface area is 250 Å². The van der Waals surface area contributed by atoms with Gasteiger partial charge in [0.05, 0.1) is 15.3 Å². The Kier molecular flexibility index (Phi) is 10.4. The van der Waals surface area contributed by atoms with Crippen LogP contribution < -0.4 is 16.0 Å². The second-order valence-corrected chi connectivity index (χ2v) is 11.6. The summed E-state index contributed by atoms with van der Waals surface area (Å²) in [5.74, 6) is -1.03. The van der Waals surface area contributed by atoms with E-state index in [0.717, 1.165) is 9.77 Å². The van der Waals surface area contributed by atoms with Gasteiger partial charge in [-0.3, -0.25) is 14.4 Å². The third kappa shape index (κ3) is 8.22. The number of halogens is 2. The van der Waals surface area contributed by atoms with Gasteiger partial charge in [-0.1, -0.05) is 60.5 Å². The summed E-state index contributed by atoms with van der Waals surface area (Å²) < 4.78 is 0. The van der Waals surface area contributed by atoms with Crippen LogP contribution in [0.5, 0.6) is 0 Å². The summed E-state index contributed by atoms with van der Waals surface area (Å²) in [4.78, 5) is 40.6. The van der Waals surface area contributed by atoms with Crippen LogP contribution in [-0.2, 0) is 9.59 Å². The van der Waals surface area contributed by atoms with Gasteiger partial charge in [0.25, 0.3) is 11.8 Å². The lowest BCUT2D eigenvalue weighted by molar-refractivity contribution is -0.116. The van der Waals surface area contributed by atoms with Gasteiger partial charge in [-0.05, 0) is 72.5 Å². The molecule has 4 rings (SSSR count). The van der Waals surface area contributed by atoms with Crippen LogP contribution in [0.15, 0.2) is 101 Å². The van der Waals surface area contributed by atoms with Crippen LogP contribution in [0.2, 0.25) is 10.0 Å². The van der Waals surface area contributed by atoms with E-state index < -0.39 is 5.91 Å². The Balaban J connectivity index is 1.46. The van der Waals surface area contributed by atoms with E-state index in [2.05, 4.69) is 16.0 Å². The van der Waals surface area contributed by atoms with Gasteiger partial charge in [0.15, 0.2) is 0 Å². The number of rotatable bonds is 10. The first-order valence-electron chi connectivity index (χ1n) is 12.3. The van der Waals surface area contributed by atoms with Gasteiger partial charge in [0.1, 0.15) is 5.70 Å². The van der Waals surface area contributed by atoms with Gasteiger partial charge in [-0.2, -0.15) is 0 Å². The Morgan fingerprint density at radius 1 is 0.875 bits per heavy atom. The molecule has 0 saturated heterocycles. The smallest absolute Gasteiger partial charge is 0.272 e. The van der Waals surface area contributed by atoms with Crippen LogP contribution in [0.1, 0.15) is 28.6 Å². The monoisotopic (exact) mass is 609 g/mol. The first-order valence-corrected chi connectivity index (χ1v) is 14.8. The normalized spacial score (nSPS) is 11.9. The fourth-order valence-electron chi connectivity index (χ4n) is 3.59. The second-order valence-electron chi connectivity index (χ2n) is 8.51.